The van der Waals surface area contributed by atoms with Crippen molar-refractivity contribution >= 4 is 5.82 Å². The van der Waals surface area contributed by atoms with Crippen LogP contribution in [0, 0.1) is 6.92 Å². The molecule has 0 fully saturated rings. The highest BCUT2D eigenvalue weighted by Crippen LogP contribution is 2.23. The third-order valence-corrected chi connectivity index (χ3v) is 3.05. The van der Waals surface area contributed by atoms with Crippen LogP contribution >= 0.6 is 0 Å². The van der Waals surface area contributed by atoms with Crippen molar-refractivity contribution in [1.29, 1.82) is 0 Å². The molecule has 0 spiro atoms. The number of nitrogen functional groups attached to an aromatic ring is 1. The molecule has 0 bridgehead atoms. The van der Waals surface area contributed by atoms with Crippen LogP contribution in [0.3, 0.4) is 0 Å². The van der Waals surface area contributed by atoms with Crippen molar-refractivity contribution in [2.24, 2.45) is 0 Å². The lowest BCUT2D eigenvalue weighted by molar-refractivity contribution is 0.542. The van der Waals surface area contributed by atoms with Crippen LogP contribution in [-0.4, -0.2) is 15.0 Å². The molecular weight excluding hydrogens is 236 g/mol. The molecule has 0 amide bonds. The summed E-state index contributed by atoms with van der Waals surface area (Å²) in [7, 11) is 0. The average molecular weight is 256 g/mol. The van der Waals surface area contributed by atoms with Gasteiger partial charge >= 0.3 is 0 Å². The van der Waals surface area contributed by atoms with Crippen LogP contribution in [-0.2, 0) is 11.8 Å². The predicted molar refractivity (Wildman–Crippen MR) is 76.9 cm³/mol. The van der Waals surface area contributed by atoms with Gasteiger partial charge in [-0.25, -0.2) is 9.97 Å². The lowest BCUT2D eigenvalue weighted by Gasteiger charge is -2.19. The molecule has 2 rings (SSSR count). The van der Waals surface area contributed by atoms with Crippen LogP contribution < -0.4 is 5.73 Å². The normalized spacial score (nSPS) is 11.6. The summed E-state index contributed by atoms with van der Waals surface area (Å²) >= 11 is 0. The minimum atomic E-state index is -0.106. The van der Waals surface area contributed by atoms with E-state index in [9.17, 15) is 0 Å². The highest BCUT2D eigenvalue weighted by Gasteiger charge is 2.20. The van der Waals surface area contributed by atoms with E-state index in [1.165, 1.54) is 0 Å². The number of pyridine rings is 1. The van der Waals surface area contributed by atoms with Gasteiger partial charge < -0.3 is 5.73 Å². The molecule has 0 saturated carbocycles. The maximum absolute atomic E-state index is 6.01. The first-order valence-electron chi connectivity index (χ1n) is 6.40. The van der Waals surface area contributed by atoms with Gasteiger partial charge in [0.15, 0.2) is 0 Å². The van der Waals surface area contributed by atoms with Gasteiger partial charge in [-0.3, -0.25) is 4.98 Å². The molecule has 19 heavy (non-hydrogen) atoms. The van der Waals surface area contributed by atoms with Gasteiger partial charge in [-0.05, 0) is 18.6 Å². The maximum Gasteiger partial charge on any atom is 0.136 e. The number of hydrogen-bond acceptors (Lipinski definition) is 4. The van der Waals surface area contributed by atoms with Gasteiger partial charge in [-0.2, -0.15) is 0 Å². The number of nitrogens with two attached hydrogens (primary N) is 1. The Morgan fingerprint density at radius 2 is 1.95 bits per heavy atom. The van der Waals surface area contributed by atoms with E-state index in [1.807, 2.05) is 25.3 Å². The van der Waals surface area contributed by atoms with Crippen molar-refractivity contribution in [2.45, 2.75) is 39.5 Å². The average Bonchev–Trinajstić information content (AvgIpc) is 2.34. The Kier molecular flexibility index (Phi) is 3.51. The Hall–Kier alpha value is -1.97. The molecular formula is C15H20N4. The molecule has 2 N–H and O–H groups in total. The van der Waals surface area contributed by atoms with Gasteiger partial charge in [0, 0.05) is 29.8 Å². The molecule has 2 heterocycles. The van der Waals surface area contributed by atoms with E-state index in [4.69, 9.17) is 5.73 Å². The van der Waals surface area contributed by atoms with E-state index in [0.717, 1.165) is 29.1 Å². The Morgan fingerprint density at radius 1 is 1.21 bits per heavy atom. The summed E-state index contributed by atoms with van der Waals surface area (Å²) in [5.74, 6) is 1.35. The van der Waals surface area contributed by atoms with Gasteiger partial charge in [-0.15, -0.1) is 0 Å². The zero-order chi connectivity index (χ0) is 14.0. The van der Waals surface area contributed by atoms with Gasteiger partial charge in [0.1, 0.15) is 11.6 Å². The standard InChI is InChI=1S/C15H20N4/c1-10-12(8-11-6-5-7-17-9-11)18-14(15(2,3)4)19-13(10)16/h5-7,9H,8H2,1-4H3,(H2,16,18,19). The van der Waals surface area contributed by atoms with Crippen LogP contribution in [0.15, 0.2) is 24.5 Å². The zero-order valence-corrected chi connectivity index (χ0v) is 11.9. The third kappa shape index (κ3) is 3.08. The lowest BCUT2D eigenvalue weighted by atomic mass is 9.95. The second-order valence-electron chi connectivity index (χ2n) is 5.79. The Balaban J connectivity index is 2.42. The van der Waals surface area contributed by atoms with Crippen molar-refractivity contribution in [3.8, 4) is 0 Å². The number of rotatable bonds is 2. The topological polar surface area (TPSA) is 64.7 Å². The second-order valence-corrected chi connectivity index (χ2v) is 5.79. The van der Waals surface area contributed by atoms with E-state index >= 15 is 0 Å². The highest BCUT2D eigenvalue weighted by molar-refractivity contribution is 5.43. The van der Waals surface area contributed by atoms with E-state index in [-0.39, 0.29) is 5.41 Å². The van der Waals surface area contributed by atoms with Crippen molar-refractivity contribution in [3.05, 3.63) is 47.2 Å². The van der Waals surface area contributed by atoms with E-state index < -0.39 is 0 Å². The lowest BCUT2D eigenvalue weighted by Crippen LogP contribution is -2.19. The number of hydrogen-bond donors (Lipinski definition) is 1. The molecule has 0 saturated heterocycles. The molecule has 4 nitrogen and oxygen atoms in total. The van der Waals surface area contributed by atoms with Crippen LogP contribution in [0.25, 0.3) is 0 Å². The molecule has 0 aliphatic carbocycles. The Bertz CT molecular complexity index is 571. The van der Waals surface area contributed by atoms with Crippen molar-refractivity contribution in [2.75, 3.05) is 5.73 Å². The molecule has 0 atom stereocenters. The fourth-order valence-corrected chi connectivity index (χ4v) is 1.79. The maximum atomic E-state index is 6.01. The first kappa shape index (κ1) is 13.5. The summed E-state index contributed by atoms with van der Waals surface area (Å²) in [6.07, 6.45) is 4.36. The van der Waals surface area contributed by atoms with E-state index in [2.05, 4.69) is 35.7 Å². The van der Waals surface area contributed by atoms with Gasteiger partial charge in [0.05, 0.1) is 5.69 Å². The highest BCUT2D eigenvalue weighted by atomic mass is 15.0. The number of nitrogens with zero attached hydrogens (tertiary/aromatic N) is 3. The molecule has 0 radical (unpaired) electrons. The minimum absolute atomic E-state index is 0.106. The summed E-state index contributed by atoms with van der Waals surface area (Å²) < 4.78 is 0. The van der Waals surface area contributed by atoms with Crippen LogP contribution in [0.5, 0.6) is 0 Å². The molecule has 2 aromatic rings. The second kappa shape index (κ2) is 4.96. The van der Waals surface area contributed by atoms with Crippen molar-refractivity contribution < 1.29 is 0 Å². The molecule has 0 aromatic carbocycles. The minimum Gasteiger partial charge on any atom is -0.383 e. The molecule has 4 heteroatoms. The van der Waals surface area contributed by atoms with Gasteiger partial charge in [0.2, 0.25) is 0 Å². The summed E-state index contributed by atoms with van der Waals surface area (Å²) in [5, 5.41) is 0. The summed E-state index contributed by atoms with van der Waals surface area (Å²) in [6, 6.07) is 3.97. The van der Waals surface area contributed by atoms with Crippen LogP contribution in [0.1, 0.15) is 43.4 Å². The van der Waals surface area contributed by atoms with Gasteiger partial charge in [0.25, 0.3) is 0 Å². The number of anilines is 1. The van der Waals surface area contributed by atoms with Crippen molar-refractivity contribution in [3.63, 3.8) is 0 Å². The van der Waals surface area contributed by atoms with Crippen LogP contribution in [0.2, 0.25) is 0 Å². The van der Waals surface area contributed by atoms with Gasteiger partial charge in [-0.1, -0.05) is 26.8 Å². The fourth-order valence-electron chi connectivity index (χ4n) is 1.79. The van der Waals surface area contributed by atoms with E-state index in [0.29, 0.717) is 5.82 Å². The zero-order valence-electron chi connectivity index (χ0n) is 11.9. The predicted octanol–water partition coefficient (Wildman–Crippen LogP) is 2.65. The molecule has 2 aromatic heterocycles. The van der Waals surface area contributed by atoms with E-state index in [1.54, 1.807) is 6.20 Å². The fraction of sp³-hybridized carbons (Fsp3) is 0.400. The third-order valence-electron chi connectivity index (χ3n) is 3.05. The Morgan fingerprint density at radius 3 is 2.53 bits per heavy atom. The summed E-state index contributed by atoms with van der Waals surface area (Å²) in [6.45, 7) is 8.23. The van der Waals surface area contributed by atoms with Crippen LogP contribution in [0.4, 0.5) is 5.82 Å². The summed E-state index contributed by atoms with van der Waals surface area (Å²) in [5.41, 5.74) is 8.96. The van der Waals surface area contributed by atoms with Crippen molar-refractivity contribution in [1.82, 2.24) is 15.0 Å². The quantitative estimate of drug-likeness (QED) is 0.897. The molecule has 0 unspecified atom stereocenters. The largest absolute Gasteiger partial charge is 0.383 e. The SMILES string of the molecule is Cc1c(N)nc(C(C)(C)C)nc1Cc1cccnc1. The molecule has 100 valence electrons. The first-order chi connectivity index (χ1) is 8.88. The summed E-state index contributed by atoms with van der Waals surface area (Å²) in [4.78, 5) is 13.2. The number of aromatic nitrogens is 3. The molecule has 0 aliphatic heterocycles. The Labute approximate surface area is 114 Å². The monoisotopic (exact) mass is 256 g/mol. The first-order valence-corrected chi connectivity index (χ1v) is 6.40. The molecule has 0 aliphatic rings. The smallest absolute Gasteiger partial charge is 0.136 e.